The molecule has 0 spiro atoms. The second-order valence-electron chi connectivity index (χ2n) is 6.28. The van der Waals surface area contributed by atoms with Crippen molar-refractivity contribution in [2.45, 2.75) is 51.2 Å². The van der Waals surface area contributed by atoms with Crippen molar-refractivity contribution >= 4 is 5.91 Å². The van der Waals surface area contributed by atoms with Gasteiger partial charge in [0.2, 0.25) is 5.91 Å². The maximum atomic E-state index is 13.5. The fraction of sp³-hybridized carbons (Fsp3) is 0.529. The van der Waals surface area contributed by atoms with Crippen LogP contribution in [-0.4, -0.2) is 27.8 Å². The molecule has 0 saturated heterocycles. The molecule has 0 heterocycles. The average molecular weight is 310 g/mol. The van der Waals surface area contributed by atoms with Gasteiger partial charge in [0, 0.05) is 5.92 Å². The summed E-state index contributed by atoms with van der Waals surface area (Å²) in [4.78, 5) is 11.4. The van der Waals surface area contributed by atoms with Crippen LogP contribution < -0.4 is 5.73 Å². The monoisotopic (exact) mass is 310 g/mol. The summed E-state index contributed by atoms with van der Waals surface area (Å²) >= 11 is 0. The third-order valence-electron chi connectivity index (χ3n) is 3.60. The second-order valence-corrected chi connectivity index (χ2v) is 6.28. The van der Waals surface area contributed by atoms with Crippen LogP contribution in [0.3, 0.4) is 0 Å². The molecule has 1 aromatic carbocycles. The van der Waals surface area contributed by atoms with Crippen molar-refractivity contribution in [2.24, 2.45) is 11.7 Å². The van der Waals surface area contributed by atoms with Crippen LogP contribution in [0.25, 0.3) is 0 Å². The first-order chi connectivity index (χ1) is 10.2. The molecule has 1 rings (SSSR count). The van der Waals surface area contributed by atoms with Gasteiger partial charge in [-0.05, 0) is 57.6 Å². The number of halogens is 1. The topological polar surface area (TPSA) is 83.6 Å². The van der Waals surface area contributed by atoms with E-state index in [1.165, 1.54) is 6.07 Å². The van der Waals surface area contributed by atoms with Crippen LogP contribution in [0.1, 0.15) is 38.7 Å². The van der Waals surface area contributed by atoms with Crippen molar-refractivity contribution in [3.05, 3.63) is 42.1 Å². The van der Waals surface area contributed by atoms with Crippen molar-refractivity contribution in [3.8, 4) is 0 Å². The summed E-state index contributed by atoms with van der Waals surface area (Å²) in [5, 5.41) is 19.7. The lowest BCUT2D eigenvalue weighted by atomic mass is 9.89. The molecule has 0 fully saturated rings. The predicted octanol–water partition coefficient (Wildman–Crippen LogP) is 1.98. The lowest BCUT2D eigenvalue weighted by molar-refractivity contribution is -0.123. The van der Waals surface area contributed by atoms with Gasteiger partial charge in [0.25, 0.3) is 0 Å². The van der Waals surface area contributed by atoms with Gasteiger partial charge in [-0.1, -0.05) is 18.2 Å². The molecule has 2 atom stereocenters. The number of rotatable bonds is 9. The summed E-state index contributed by atoms with van der Waals surface area (Å²) in [6.07, 6.45) is 2.01. The highest BCUT2D eigenvalue weighted by Crippen LogP contribution is 2.21. The fourth-order valence-corrected chi connectivity index (χ4v) is 2.22. The minimum atomic E-state index is -0.879. The Balaban J connectivity index is 2.48. The van der Waals surface area contributed by atoms with Crippen molar-refractivity contribution in [1.29, 1.82) is 0 Å². The fourth-order valence-electron chi connectivity index (χ4n) is 2.22. The zero-order chi connectivity index (χ0) is 16.8. The smallest absolute Gasteiger partial charge is 0.220 e. The van der Waals surface area contributed by atoms with Crippen LogP contribution in [0.2, 0.25) is 0 Å². The molecule has 22 heavy (non-hydrogen) atoms. The van der Waals surface area contributed by atoms with E-state index in [9.17, 15) is 19.4 Å². The Morgan fingerprint density at radius 3 is 2.59 bits per heavy atom. The molecule has 123 valence electrons. The standard InChI is InChI=1S/C17H25FNO3/c1-17(2,22)10-9-13(16(19)21)11-14(20)8-7-12-5-3-4-6-15(12)18/h3-6,8,13-14,20,22H,7,9-11H2,1-2H3,(H2,19,21)/t13-,14+/m1/s1. The summed E-state index contributed by atoms with van der Waals surface area (Å²) in [6.45, 7) is 3.32. The number of hydrogen-bond donors (Lipinski definition) is 3. The number of carbonyl (C=O) groups excluding carboxylic acids is 1. The van der Waals surface area contributed by atoms with Crippen LogP contribution in [0, 0.1) is 18.2 Å². The van der Waals surface area contributed by atoms with E-state index < -0.39 is 23.5 Å². The van der Waals surface area contributed by atoms with E-state index in [1.54, 1.807) is 38.5 Å². The molecule has 1 amide bonds. The Kier molecular flexibility index (Phi) is 6.97. The van der Waals surface area contributed by atoms with Gasteiger partial charge in [0.15, 0.2) is 0 Å². The Morgan fingerprint density at radius 1 is 1.41 bits per heavy atom. The SMILES string of the molecule is CC(C)(O)CC[C@H](C[C@@H](O)[CH]Cc1ccccc1F)C(N)=O. The van der Waals surface area contributed by atoms with Gasteiger partial charge >= 0.3 is 0 Å². The quantitative estimate of drug-likeness (QED) is 0.652. The first-order valence-electron chi connectivity index (χ1n) is 7.45. The normalized spacial score (nSPS) is 14.6. The van der Waals surface area contributed by atoms with Gasteiger partial charge in [0.05, 0.1) is 11.7 Å². The molecule has 4 nitrogen and oxygen atoms in total. The zero-order valence-corrected chi connectivity index (χ0v) is 13.1. The number of amides is 1. The van der Waals surface area contributed by atoms with Crippen molar-refractivity contribution in [1.82, 2.24) is 0 Å². The first-order valence-corrected chi connectivity index (χ1v) is 7.45. The van der Waals surface area contributed by atoms with Gasteiger partial charge in [-0.15, -0.1) is 0 Å². The van der Waals surface area contributed by atoms with E-state index in [0.29, 0.717) is 18.4 Å². The minimum absolute atomic E-state index is 0.180. The van der Waals surface area contributed by atoms with Gasteiger partial charge in [0.1, 0.15) is 5.82 Å². The van der Waals surface area contributed by atoms with Gasteiger partial charge < -0.3 is 15.9 Å². The number of hydrogen-bond acceptors (Lipinski definition) is 3. The Hall–Kier alpha value is -1.46. The largest absolute Gasteiger partial charge is 0.393 e. The van der Waals surface area contributed by atoms with Crippen molar-refractivity contribution in [3.63, 3.8) is 0 Å². The zero-order valence-electron chi connectivity index (χ0n) is 13.1. The molecule has 0 bridgehead atoms. The van der Waals surface area contributed by atoms with E-state index in [0.717, 1.165) is 0 Å². The molecule has 4 N–H and O–H groups in total. The van der Waals surface area contributed by atoms with Crippen molar-refractivity contribution in [2.75, 3.05) is 0 Å². The number of nitrogens with two attached hydrogens (primary N) is 1. The molecule has 1 aromatic rings. The highest BCUT2D eigenvalue weighted by Gasteiger charge is 2.23. The van der Waals surface area contributed by atoms with Crippen LogP contribution in [0.5, 0.6) is 0 Å². The van der Waals surface area contributed by atoms with E-state index in [4.69, 9.17) is 5.73 Å². The van der Waals surface area contributed by atoms with Gasteiger partial charge in [-0.25, -0.2) is 4.39 Å². The molecule has 0 aliphatic heterocycles. The van der Waals surface area contributed by atoms with E-state index >= 15 is 0 Å². The van der Waals surface area contributed by atoms with Crippen molar-refractivity contribution < 1.29 is 19.4 Å². The third-order valence-corrected chi connectivity index (χ3v) is 3.60. The van der Waals surface area contributed by atoms with E-state index in [2.05, 4.69) is 0 Å². The average Bonchev–Trinajstić information content (AvgIpc) is 2.41. The maximum absolute atomic E-state index is 13.5. The molecule has 0 unspecified atom stereocenters. The summed E-state index contributed by atoms with van der Waals surface area (Å²) in [5.41, 5.74) is 4.95. The molecule has 0 saturated carbocycles. The first kappa shape index (κ1) is 18.6. The molecular weight excluding hydrogens is 285 g/mol. The molecule has 0 aliphatic carbocycles. The van der Waals surface area contributed by atoms with Gasteiger partial charge in [-0.2, -0.15) is 0 Å². The number of benzene rings is 1. The number of aliphatic hydroxyl groups excluding tert-OH is 1. The molecule has 0 aromatic heterocycles. The summed E-state index contributed by atoms with van der Waals surface area (Å²) < 4.78 is 13.5. The summed E-state index contributed by atoms with van der Waals surface area (Å²) in [6, 6.07) is 6.35. The second kappa shape index (κ2) is 8.25. The van der Waals surface area contributed by atoms with E-state index in [-0.39, 0.29) is 18.7 Å². The van der Waals surface area contributed by atoms with E-state index in [1.807, 2.05) is 0 Å². The molecule has 0 aliphatic rings. The lowest BCUT2D eigenvalue weighted by Crippen LogP contribution is -2.30. The van der Waals surface area contributed by atoms with Gasteiger partial charge in [-0.3, -0.25) is 4.79 Å². The minimum Gasteiger partial charge on any atom is -0.393 e. The maximum Gasteiger partial charge on any atom is 0.220 e. The summed E-state index contributed by atoms with van der Waals surface area (Å²) in [7, 11) is 0. The highest BCUT2D eigenvalue weighted by atomic mass is 19.1. The predicted molar refractivity (Wildman–Crippen MR) is 83.2 cm³/mol. The number of aliphatic hydroxyl groups is 2. The Morgan fingerprint density at radius 2 is 2.05 bits per heavy atom. The lowest BCUT2D eigenvalue weighted by Gasteiger charge is -2.22. The Bertz CT molecular complexity index is 485. The number of primary amides is 1. The van der Waals surface area contributed by atoms with Crippen LogP contribution in [0.15, 0.2) is 24.3 Å². The number of carbonyl (C=O) groups is 1. The van der Waals surface area contributed by atoms with Crippen LogP contribution in [-0.2, 0) is 11.2 Å². The van der Waals surface area contributed by atoms with Crippen LogP contribution >= 0.6 is 0 Å². The molecule has 1 radical (unpaired) electrons. The molecule has 5 heteroatoms. The summed E-state index contributed by atoms with van der Waals surface area (Å²) in [5.74, 6) is -1.33. The third kappa shape index (κ3) is 7.00. The van der Waals surface area contributed by atoms with Crippen LogP contribution in [0.4, 0.5) is 4.39 Å². The highest BCUT2D eigenvalue weighted by molar-refractivity contribution is 5.76. The molecular formula is C17H25FNO3. The Labute approximate surface area is 131 Å².